The van der Waals surface area contributed by atoms with Crippen LogP contribution in [0.15, 0.2) is 12.1 Å². The van der Waals surface area contributed by atoms with Crippen LogP contribution in [0.25, 0.3) is 0 Å². The van der Waals surface area contributed by atoms with E-state index in [4.69, 9.17) is 11.6 Å². The second kappa shape index (κ2) is 8.46. The van der Waals surface area contributed by atoms with Gasteiger partial charge in [0.2, 0.25) is 0 Å². The minimum absolute atomic E-state index is 0.00381. The summed E-state index contributed by atoms with van der Waals surface area (Å²) in [7, 11) is 0. The van der Waals surface area contributed by atoms with Crippen LogP contribution in [0.2, 0.25) is 0 Å². The van der Waals surface area contributed by atoms with E-state index in [1.54, 1.807) is 0 Å². The molecule has 0 amide bonds. The van der Waals surface area contributed by atoms with Crippen LogP contribution >= 0.6 is 0 Å². The smallest absolute Gasteiger partial charge is 0.183 e. The van der Waals surface area contributed by atoms with Crippen LogP contribution in [0.3, 0.4) is 0 Å². The van der Waals surface area contributed by atoms with E-state index < -0.39 is 11.6 Å². The highest BCUT2D eigenvalue weighted by Crippen LogP contribution is 2.67. The molecule has 0 bridgehead atoms. The zero-order valence-corrected chi connectivity index (χ0v) is 21.0. The highest BCUT2D eigenvalue weighted by atomic mass is 19.2. The average Bonchev–Trinajstić information content (AvgIpc) is 3.15. The van der Waals surface area contributed by atoms with Crippen molar-refractivity contribution in [1.82, 2.24) is 0 Å². The van der Waals surface area contributed by atoms with Gasteiger partial charge in [-0.15, -0.1) is 0 Å². The number of hydrogen-bond acceptors (Lipinski definition) is 4. The average molecular weight is 474 g/mol. The molecule has 8 atom stereocenters. The molecule has 0 heterocycles. The molecule has 4 nitrogen and oxygen atoms in total. The molecule has 4 aliphatic rings. The predicted molar refractivity (Wildman–Crippen MR) is 132 cm³/mol. The molecule has 34 heavy (non-hydrogen) atoms. The number of ketones is 1. The molecule has 4 aliphatic carbocycles. The summed E-state index contributed by atoms with van der Waals surface area (Å²) in [4.78, 5) is 13.5. The van der Waals surface area contributed by atoms with Crippen LogP contribution in [0.4, 0.5) is 20.2 Å². The Morgan fingerprint density at radius 3 is 2.50 bits per heavy atom. The predicted octanol–water partition coefficient (Wildman–Crippen LogP) is 6.09. The maximum absolute atomic E-state index is 13.9. The molecule has 7 unspecified atom stereocenters. The van der Waals surface area contributed by atoms with Gasteiger partial charge in [0.05, 0.1) is 17.9 Å². The third kappa shape index (κ3) is 3.58. The van der Waals surface area contributed by atoms with Gasteiger partial charge in [-0.2, -0.15) is 0 Å². The number of rotatable bonds is 4. The number of nitrogens with two attached hydrogens (primary N) is 2. The second-order valence-corrected chi connectivity index (χ2v) is 12.6. The van der Waals surface area contributed by atoms with Crippen LogP contribution < -0.4 is 16.6 Å². The molecule has 0 aromatic heterocycles. The summed E-state index contributed by atoms with van der Waals surface area (Å²) in [6.45, 7) is 7.31. The summed E-state index contributed by atoms with van der Waals surface area (Å²) in [6, 6.07) is 2.35. The molecule has 0 saturated heterocycles. The van der Waals surface area contributed by atoms with Crippen molar-refractivity contribution in [2.75, 3.05) is 17.3 Å². The van der Waals surface area contributed by atoms with E-state index in [0.717, 1.165) is 49.0 Å². The van der Waals surface area contributed by atoms with E-state index in [1.165, 1.54) is 49.6 Å². The van der Waals surface area contributed by atoms with E-state index >= 15 is 0 Å². The van der Waals surface area contributed by atoms with E-state index in [-0.39, 0.29) is 35.0 Å². The van der Waals surface area contributed by atoms with Crippen molar-refractivity contribution in [1.29, 1.82) is 0 Å². The summed E-state index contributed by atoms with van der Waals surface area (Å²) in [5.74, 6) is 7.92. The summed E-state index contributed by atoms with van der Waals surface area (Å²) in [6.07, 6.45) is 11.1. The van der Waals surface area contributed by atoms with Gasteiger partial charge in [-0.1, -0.05) is 27.2 Å². The number of hydrogen-bond donors (Lipinski definition) is 2. The molecular formula is C28H41F2N3O. The Labute approximate surface area is 202 Å². The Bertz CT molecular complexity index is 969. The number of nitrogen functional groups attached to an aromatic ring is 1. The lowest BCUT2D eigenvalue weighted by Crippen LogP contribution is -2.54. The quantitative estimate of drug-likeness (QED) is 0.315. The van der Waals surface area contributed by atoms with Gasteiger partial charge in [-0.05, 0) is 104 Å². The molecule has 4 fully saturated rings. The lowest BCUT2D eigenvalue weighted by atomic mass is 9.44. The summed E-state index contributed by atoms with van der Waals surface area (Å²) < 4.78 is 27.4. The first-order valence-electron chi connectivity index (χ1n) is 13.3. The topological polar surface area (TPSA) is 72.3 Å². The minimum Gasteiger partial charge on any atom is -0.395 e. The molecule has 5 rings (SSSR count). The molecule has 0 spiro atoms. The second-order valence-electron chi connectivity index (χ2n) is 12.6. The van der Waals surface area contributed by atoms with Crippen LogP contribution in [-0.4, -0.2) is 12.3 Å². The monoisotopic (exact) mass is 473 g/mol. The first-order chi connectivity index (χ1) is 16.1. The minimum atomic E-state index is -1.12. The SMILES string of the molecule is CC1CCC2(C)C(CCC3C2CC[C@]2(C)C(C(=O)CN(N)c4ccc(F)c(F)c4N)CCC32)C1. The molecule has 4 saturated carbocycles. The van der Waals surface area contributed by atoms with Gasteiger partial charge in [0.25, 0.3) is 0 Å². The van der Waals surface area contributed by atoms with Crippen LogP contribution in [0.1, 0.15) is 78.6 Å². The zero-order valence-electron chi connectivity index (χ0n) is 21.0. The first kappa shape index (κ1) is 24.0. The number of anilines is 2. The van der Waals surface area contributed by atoms with Gasteiger partial charge in [-0.25, -0.2) is 14.6 Å². The van der Waals surface area contributed by atoms with E-state index in [1.807, 2.05) is 0 Å². The number of hydrazine groups is 1. The standard InChI is InChI=1S/C28H41F2N3O/c1-16-10-12-27(2)17(14-16)4-5-18-19-6-7-21(28(19,3)13-11-20(18)27)24(34)15-33(32)23-9-8-22(29)25(30)26(23)31/h8-9,16-21H,4-7,10-15,31-32H2,1-3H3/t16?,17?,18?,19?,20?,21?,27?,28-/m0/s1. The summed E-state index contributed by atoms with van der Waals surface area (Å²) in [5.41, 5.74) is 6.03. The van der Waals surface area contributed by atoms with E-state index in [2.05, 4.69) is 20.8 Å². The fourth-order valence-electron chi connectivity index (χ4n) is 9.17. The molecule has 188 valence electrons. The highest BCUT2D eigenvalue weighted by molar-refractivity contribution is 5.87. The molecule has 0 radical (unpaired) electrons. The Hall–Kier alpha value is -1.69. The molecule has 0 aliphatic heterocycles. The molecule has 1 aromatic carbocycles. The molecule has 6 heteroatoms. The Morgan fingerprint density at radius 1 is 1.03 bits per heavy atom. The maximum Gasteiger partial charge on any atom is 0.183 e. The highest BCUT2D eigenvalue weighted by Gasteiger charge is 2.61. The largest absolute Gasteiger partial charge is 0.395 e. The van der Waals surface area contributed by atoms with E-state index in [0.29, 0.717) is 11.3 Å². The van der Waals surface area contributed by atoms with Crippen LogP contribution in [-0.2, 0) is 4.79 Å². The van der Waals surface area contributed by atoms with Crippen LogP contribution in [0.5, 0.6) is 0 Å². The van der Waals surface area contributed by atoms with Crippen molar-refractivity contribution in [3.05, 3.63) is 23.8 Å². The normalized spacial score (nSPS) is 41.4. The fourth-order valence-corrected chi connectivity index (χ4v) is 9.17. The number of halogens is 2. The number of nitrogens with zero attached hydrogens (tertiary/aromatic N) is 1. The first-order valence-corrected chi connectivity index (χ1v) is 13.3. The molecule has 1 aromatic rings. The molecular weight excluding hydrogens is 432 g/mol. The van der Waals surface area contributed by atoms with Crippen molar-refractivity contribution < 1.29 is 13.6 Å². The third-order valence-electron chi connectivity index (χ3n) is 11.1. The number of Topliss-reactive ketones (excluding diaryl/α,β-unsaturated/α-hetero) is 1. The van der Waals surface area contributed by atoms with Crippen molar-refractivity contribution >= 4 is 17.2 Å². The fraction of sp³-hybridized carbons (Fsp3) is 0.750. The Balaban J connectivity index is 1.32. The number of carbonyl (C=O) groups excluding carboxylic acids is 1. The van der Waals surface area contributed by atoms with Gasteiger partial charge in [0.15, 0.2) is 17.4 Å². The van der Waals surface area contributed by atoms with Gasteiger partial charge < -0.3 is 10.7 Å². The van der Waals surface area contributed by atoms with Crippen molar-refractivity contribution in [3.8, 4) is 0 Å². The van der Waals surface area contributed by atoms with Crippen molar-refractivity contribution in [2.24, 2.45) is 52.2 Å². The number of fused-ring (bicyclic) bond motifs is 5. The van der Waals surface area contributed by atoms with Gasteiger partial charge >= 0.3 is 0 Å². The Kier molecular flexibility index (Phi) is 5.98. The van der Waals surface area contributed by atoms with Crippen molar-refractivity contribution in [2.45, 2.75) is 78.6 Å². The lowest BCUT2D eigenvalue weighted by Gasteiger charge is -2.61. The number of benzene rings is 1. The van der Waals surface area contributed by atoms with Gasteiger partial charge in [-0.3, -0.25) is 4.79 Å². The third-order valence-corrected chi connectivity index (χ3v) is 11.1. The zero-order chi connectivity index (χ0) is 24.4. The van der Waals surface area contributed by atoms with Gasteiger partial charge in [0.1, 0.15) is 0 Å². The van der Waals surface area contributed by atoms with Crippen molar-refractivity contribution in [3.63, 3.8) is 0 Å². The number of carbonyl (C=O) groups is 1. The lowest BCUT2D eigenvalue weighted by molar-refractivity contribution is -0.135. The van der Waals surface area contributed by atoms with Gasteiger partial charge in [0, 0.05) is 5.92 Å². The molecule has 4 N–H and O–H groups in total. The maximum atomic E-state index is 13.9. The van der Waals surface area contributed by atoms with E-state index in [9.17, 15) is 13.6 Å². The van der Waals surface area contributed by atoms with Crippen LogP contribution in [0, 0.1) is 58.0 Å². The summed E-state index contributed by atoms with van der Waals surface area (Å²) >= 11 is 0. The summed E-state index contributed by atoms with van der Waals surface area (Å²) in [5, 5.41) is 1.19. The Morgan fingerprint density at radius 2 is 1.74 bits per heavy atom.